The summed E-state index contributed by atoms with van der Waals surface area (Å²) in [5, 5.41) is 7.68. The first-order valence-electron chi connectivity index (χ1n) is 17.7. The summed E-state index contributed by atoms with van der Waals surface area (Å²) in [6.45, 7) is 0. The molecular formula is C50H33NS. The number of hydrogen-bond donors (Lipinski definition) is 0. The van der Waals surface area contributed by atoms with E-state index in [1.807, 2.05) is 11.3 Å². The molecule has 1 heterocycles. The molecule has 0 bridgehead atoms. The Morgan fingerprint density at radius 3 is 1.17 bits per heavy atom. The zero-order valence-corrected chi connectivity index (χ0v) is 29.2. The third kappa shape index (κ3) is 5.51. The molecule has 0 saturated heterocycles. The van der Waals surface area contributed by atoms with Crippen LogP contribution in [0.25, 0.3) is 75.1 Å². The van der Waals surface area contributed by atoms with Gasteiger partial charge in [0.1, 0.15) is 0 Å². The van der Waals surface area contributed by atoms with E-state index in [1.165, 1.54) is 75.1 Å². The van der Waals surface area contributed by atoms with Gasteiger partial charge in [-0.3, -0.25) is 0 Å². The Morgan fingerprint density at radius 1 is 0.269 bits per heavy atom. The third-order valence-corrected chi connectivity index (χ3v) is 11.4. The molecule has 2 heteroatoms. The van der Waals surface area contributed by atoms with Crippen molar-refractivity contribution in [2.75, 3.05) is 4.90 Å². The van der Waals surface area contributed by atoms with Gasteiger partial charge in [0.05, 0.1) is 0 Å². The molecule has 0 saturated carbocycles. The van der Waals surface area contributed by atoms with Crippen LogP contribution in [0.5, 0.6) is 0 Å². The van der Waals surface area contributed by atoms with Crippen molar-refractivity contribution < 1.29 is 0 Å². The Morgan fingerprint density at radius 2 is 0.654 bits per heavy atom. The number of anilines is 3. The molecule has 10 rings (SSSR count). The van der Waals surface area contributed by atoms with Crippen molar-refractivity contribution in [1.82, 2.24) is 0 Å². The van der Waals surface area contributed by atoms with Crippen LogP contribution in [0, 0.1) is 0 Å². The smallest absolute Gasteiger partial charge is 0.0462 e. The first kappa shape index (κ1) is 30.4. The van der Waals surface area contributed by atoms with Gasteiger partial charge in [-0.25, -0.2) is 0 Å². The first-order chi connectivity index (χ1) is 25.7. The lowest BCUT2D eigenvalue weighted by molar-refractivity contribution is 1.28. The molecule has 1 aromatic heterocycles. The summed E-state index contributed by atoms with van der Waals surface area (Å²) in [4.78, 5) is 2.35. The monoisotopic (exact) mass is 679 g/mol. The van der Waals surface area contributed by atoms with Crippen LogP contribution >= 0.6 is 11.3 Å². The van der Waals surface area contributed by atoms with Crippen molar-refractivity contribution in [2.45, 2.75) is 0 Å². The quantitative estimate of drug-likeness (QED) is 0.169. The number of benzene rings is 9. The number of thiophene rings is 1. The third-order valence-electron chi connectivity index (χ3n) is 10.3. The van der Waals surface area contributed by atoms with Crippen LogP contribution in [0.15, 0.2) is 200 Å². The fourth-order valence-electron chi connectivity index (χ4n) is 7.50. The minimum atomic E-state index is 1.11. The van der Waals surface area contributed by atoms with E-state index in [-0.39, 0.29) is 0 Å². The molecule has 0 N–H and O–H groups in total. The Hall–Kier alpha value is -6.48. The molecule has 0 aliphatic rings. The lowest BCUT2D eigenvalue weighted by atomic mass is 10.00. The fourth-order valence-corrected chi connectivity index (χ4v) is 8.64. The van der Waals surface area contributed by atoms with E-state index in [9.17, 15) is 0 Å². The molecule has 0 aliphatic heterocycles. The summed E-state index contributed by atoms with van der Waals surface area (Å²) in [6.07, 6.45) is 0. The second-order valence-electron chi connectivity index (χ2n) is 13.4. The van der Waals surface area contributed by atoms with Gasteiger partial charge < -0.3 is 4.90 Å². The van der Waals surface area contributed by atoms with Gasteiger partial charge in [0.2, 0.25) is 0 Å². The van der Waals surface area contributed by atoms with E-state index in [0.29, 0.717) is 0 Å². The fraction of sp³-hybridized carbons (Fsp3) is 0. The number of nitrogens with zero attached hydrogens (tertiary/aromatic N) is 1. The average Bonchev–Trinajstić information content (AvgIpc) is 3.59. The van der Waals surface area contributed by atoms with E-state index < -0.39 is 0 Å². The second-order valence-corrected chi connectivity index (χ2v) is 14.5. The summed E-state index contributed by atoms with van der Waals surface area (Å²) in [5.41, 5.74) is 10.6. The van der Waals surface area contributed by atoms with Gasteiger partial charge in [0.15, 0.2) is 0 Å². The molecule has 52 heavy (non-hydrogen) atoms. The highest BCUT2D eigenvalue weighted by Gasteiger charge is 2.15. The molecule has 10 aromatic rings. The Bertz CT molecular complexity index is 2760. The van der Waals surface area contributed by atoms with Gasteiger partial charge in [-0.15, -0.1) is 11.3 Å². The molecule has 0 aliphatic carbocycles. The van der Waals surface area contributed by atoms with Crippen LogP contribution < -0.4 is 4.90 Å². The SMILES string of the molecule is c1ccc2cc(-c3ccc(N(c4ccc(-c5ccc6ccccc6c5)cc4)c4ccc(-c5ccc6c(c5)sc5ccccc56)cc4)cc3)ccc2c1. The summed E-state index contributed by atoms with van der Waals surface area (Å²) in [7, 11) is 0. The predicted molar refractivity (Wildman–Crippen MR) is 225 cm³/mol. The van der Waals surface area contributed by atoms with E-state index in [4.69, 9.17) is 0 Å². The first-order valence-corrected chi connectivity index (χ1v) is 18.6. The number of hydrogen-bond acceptors (Lipinski definition) is 2. The normalized spacial score (nSPS) is 11.5. The van der Waals surface area contributed by atoms with E-state index >= 15 is 0 Å². The molecule has 9 aromatic carbocycles. The van der Waals surface area contributed by atoms with E-state index in [0.717, 1.165) is 17.1 Å². The Balaban J connectivity index is 1.02. The lowest BCUT2D eigenvalue weighted by Crippen LogP contribution is -2.09. The van der Waals surface area contributed by atoms with Gasteiger partial charge in [0.25, 0.3) is 0 Å². The summed E-state index contributed by atoms with van der Waals surface area (Å²) >= 11 is 1.86. The van der Waals surface area contributed by atoms with E-state index in [2.05, 4.69) is 205 Å². The van der Waals surface area contributed by atoms with Crippen LogP contribution in [0.4, 0.5) is 17.1 Å². The van der Waals surface area contributed by atoms with Gasteiger partial charge >= 0.3 is 0 Å². The second kappa shape index (κ2) is 12.7. The van der Waals surface area contributed by atoms with Crippen LogP contribution in [0.1, 0.15) is 0 Å². The van der Waals surface area contributed by atoms with Crippen molar-refractivity contribution in [3.05, 3.63) is 200 Å². The van der Waals surface area contributed by atoms with Gasteiger partial charge in [-0.2, -0.15) is 0 Å². The summed E-state index contributed by atoms with van der Waals surface area (Å²) in [5.74, 6) is 0. The highest BCUT2D eigenvalue weighted by atomic mass is 32.1. The lowest BCUT2D eigenvalue weighted by Gasteiger charge is -2.26. The summed E-state index contributed by atoms with van der Waals surface area (Å²) < 4.78 is 2.65. The number of fused-ring (bicyclic) bond motifs is 5. The maximum atomic E-state index is 2.35. The van der Waals surface area contributed by atoms with Crippen LogP contribution in [0.2, 0.25) is 0 Å². The van der Waals surface area contributed by atoms with Crippen LogP contribution in [0.3, 0.4) is 0 Å². The summed E-state index contributed by atoms with van der Waals surface area (Å²) in [6, 6.07) is 73.0. The number of rotatable bonds is 6. The average molecular weight is 680 g/mol. The van der Waals surface area contributed by atoms with Crippen LogP contribution in [-0.2, 0) is 0 Å². The van der Waals surface area contributed by atoms with Gasteiger partial charge in [0, 0.05) is 37.2 Å². The predicted octanol–water partition coefficient (Wildman–Crippen LogP) is 14.8. The van der Waals surface area contributed by atoms with Gasteiger partial charge in [-0.05, 0) is 116 Å². The zero-order chi connectivity index (χ0) is 34.4. The van der Waals surface area contributed by atoms with Crippen molar-refractivity contribution in [3.8, 4) is 33.4 Å². The standard InChI is InChI=1S/C50H33NS/c1-3-9-39-31-41(15-13-34(39)7-1)36-17-24-44(25-18-36)51(45-26-19-37(20-27-45)42-16-14-35-8-2-4-10-40(35)32-42)46-28-21-38(22-29-46)43-23-30-48-47-11-5-6-12-49(47)52-50(48)33-43/h1-33H. The van der Waals surface area contributed by atoms with Gasteiger partial charge in [-0.1, -0.05) is 140 Å². The maximum Gasteiger partial charge on any atom is 0.0462 e. The van der Waals surface area contributed by atoms with Crippen molar-refractivity contribution in [2.24, 2.45) is 0 Å². The molecule has 0 radical (unpaired) electrons. The minimum Gasteiger partial charge on any atom is -0.311 e. The van der Waals surface area contributed by atoms with Crippen LogP contribution in [-0.4, -0.2) is 0 Å². The highest BCUT2D eigenvalue weighted by Crippen LogP contribution is 2.40. The molecule has 0 amide bonds. The molecule has 1 nitrogen and oxygen atoms in total. The molecule has 0 spiro atoms. The van der Waals surface area contributed by atoms with Crippen molar-refractivity contribution in [1.29, 1.82) is 0 Å². The van der Waals surface area contributed by atoms with E-state index in [1.54, 1.807) is 0 Å². The molecule has 0 fully saturated rings. The maximum absolute atomic E-state index is 2.35. The molecule has 244 valence electrons. The van der Waals surface area contributed by atoms with Crippen molar-refractivity contribution in [3.63, 3.8) is 0 Å². The molecule has 0 atom stereocenters. The largest absolute Gasteiger partial charge is 0.311 e. The molecular weight excluding hydrogens is 647 g/mol. The topological polar surface area (TPSA) is 3.24 Å². The Labute approximate surface area is 307 Å². The Kier molecular flexibility index (Phi) is 7.41. The molecule has 0 unspecified atom stereocenters. The zero-order valence-electron chi connectivity index (χ0n) is 28.4. The van der Waals surface area contributed by atoms with Crippen molar-refractivity contribution >= 4 is 70.1 Å². The highest BCUT2D eigenvalue weighted by molar-refractivity contribution is 7.25. The minimum absolute atomic E-state index is 1.11.